The van der Waals surface area contributed by atoms with Crippen LogP contribution in [0.3, 0.4) is 0 Å². The molecule has 1 amide bonds. The zero-order valence-electron chi connectivity index (χ0n) is 10.9. The van der Waals surface area contributed by atoms with E-state index in [1.165, 1.54) is 5.56 Å². The van der Waals surface area contributed by atoms with E-state index in [0.717, 1.165) is 10.2 Å². The number of benzene rings is 2. The molecule has 6 heteroatoms. The standard InChI is InChI=1S/C15H12BrCl2NOS/c16-12-4-2-1-3-10(12)8-21-9-15(20)19-11-5-6-13(17)14(18)7-11/h1-7H,8-9H2,(H,19,20). The summed E-state index contributed by atoms with van der Waals surface area (Å²) in [7, 11) is 0. The van der Waals surface area contributed by atoms with Gasteiger partial charge < -0.3 is 5.32 Å². The molecule has 0 aliphatic carbocycles. The van der Waals surface area contributed by atoms with E-state index in [1.807, 2.05) is 24.3 Å². The number of hydrogen-bond donors (Lipinski definition) is 1. The summed E-state index contributed by atoms with van der Waals surface area (Å²) in [6, 6.07) is 13.0. The molecule has 0 atom stereocenters. The molecule has 2 rings (SSSR count). The molecule has 0 saturated heterocycles. The molecule has 0 aliphatic heterocycles. The van der Waals surface area contributed by atoms with E-state index in [9.17, 15) is 4.79 Å². The first kappa shape index (κ1) is 16.7. The number of halogens is 3. The fourth-order valence-corrected chi connectivity index (χ4v) is 3.38. The van der Waals surface area contributed by atoms with Gasteiger partial charge in [-0.3, -0.25) is 4.79 Å². The average molecular weight is 405 g/mol. The van der Waals surface area contributed by atoms with Crippen LogP contribution in [-0.4, -0.2) is 11.7 Å². The quantitative estimate of drug-likeness (QED) is 0.699. The average Bonchev–Trinajstić information content (AvgIpc) is 2.45. The molecule has 2 aromatic carbocycles. The Morgan fingerprint density at radius 1 is 1.14 bits per heavy atom. The van der Waals surface area contributed by atoms with Crippen molar-refractivity contribution in [3.8, 4) is 0 Å². The van der Waals surface area contributed by atoms with E-state index in [4.69, 9.17) is 23.2 Å². The molecule has 0 unspecified atom stereocenters. The smallest absolute Gasteiger partial charge is 0.234 e. The lowest BCUT2D eigenvalue weighted by atomic mass is 10.2. The van der Waals surface area contributed by atoms with Gasteiger partial charge in [0.2, 0.25) is 5.91 Å². The largest absolute Gasteiger partial charge is 0.325 e. The van der Waals surface area contributed by atoms with Crippen molar-refractivity contribution in [3.63, 3.8) is 0 Å². The van der Waals surface area contributed by atoms with Crippen LogP contribution in [0, 0.1) is 0 Å². The number of hydrogen-bond acceptors (Lipinski definition) is 2. The maximum absolute atomic E-state index is 11.9. The van der Waals surface area contributed by atoms with Crippen molar-refractivity contribution < 1.29 is 4.79 Å². The van der Waals surface area contributed by atoms with Gasteiger partial charge in [-0.05, 0) is 29.8 Å². The second kappa shape index (κ2) is 8.08. The Kier molecular flexibility index (Phi) is 6.42. The number of carbonyl (C=O) groups excluding carboxylic acids is 1. The van der Waals surface area contributed by atoms with Gasteiger partial charge in [0.25, 0.3) is 0 Å². The minimum absolute atomic E-state index is 0.0644. The minimum Gasteiger partial charge on any atom is -0.325 e. The van der Waals surface area contributed by atoms with E-state index >= 15 is 0 Å². The third-order valence-corrected chi connectivity index (χ3v) is 5.15. The molecule has 0 aromatic heterocycles. The summed E-state index contributed by atoms with van der Waals surface area (Å²) in [5.74, 6) is 1.09. The minimum atomic E-state index is -0.0644. The van der Waals surface area contributed by atoms with E-state index in [0.29, 0.717) is 21.5 Å². The predicted molar refractivity (Wildman–Crippen MR) is 95.4 cm³/mol. The van der Waals surface area contributed by atoms with Crippen molar-refractivity contribution in [3.05, 3.63) is 62.5 Å². The molecule has 0 aliphatic rings. The lowest BCUT2D eigenvalue weighted by Crippen LogP contribution is -2.14. The second-order valence-electron chi connectivity index (χ2n) is 4.26. The Morgan fingerprint density at radius 2 is 1.90 bits per heavy atom. The summed E-state index contributed by atoms with van der Waals surface area (Å²) in [5.41, 5.74) is 1.82. The first-order valence-electron chi connectivity index (χ1n) is 6.12. The second-order valence-corrected chi connectivity index (χ2v) is 6.92. The van der Waals surface area contributed by atoms with Gasteiger partial charge in [-0.15, -0.1) is 11.8 Å². The molecule has 110 valence electrons. The number of thioether (sulfide) groups is 1. The normalized spacial score (nSPS) is 10.4. The predicted octanol–water partition coefficient (Wildman–Crippen LogP) is 5.63. The third kappa shape index (κ3) is 5.22. The van der Waals surface area contributed by atoms with Gasteiger partial charge in [0.15, 0.2) is 0 Å². The van der Waals surface area contributed by atoms with Crippen molar-refractivity contribution in [1.29, 1.82) is 0 Å². The van der Waals surface area contributed by atoms with Gasteiger partial charge in [0.1, 0.15) is 0 Å². The number of amides is 1. The van der Waals surface area contributed by atoms with E-state index in [-0.39, 0.29) is 5.91 Å². The third-order valence-electron chi connectivity index (χ3n) is 2.65. The van der Waals surface area contributed by atoms with Crippen LogP contribution < -0.4 is 5.32 Å². The van der Waals surface area contributed by atoms with Crippen LogP contribution in [0.4, 0.5) is 5.69 Å². The first-order chi connectivity index (χ1) is 10.1. The van der Waals surface area contributed by atoms with Crippen molar-refractivity contribution in [2.75, 3.05) is 11.1 Å². The molecule has 0 fully saturated rings. The van der Waals surface area contributed by atoms with E-state index in [1.54, 1.807) is 30.0 Å². The lowest BCUT2D eigenvalue weighted by Gasteiger charge is -2.07. The lowest BCUT2D eigenvalue weighted by molar-refractivity contribution is -0.113. The fourth-order valence-electron chi connectivity index (χ4n) is 1.64. The van der Waals surface area contributed by atoms with Crippen LogP contribution in [0.5, 0.6) is 0 Å². The zero-order chi connectivity index (χ0) is 15.2. The van der Waals surface area contributed by atoms with Gasteiger partial charge in [-0.2, -0.15) is 0 Å². The van der Waals surface area contributed by atoms with Gasteiger partial charge >= 0.3 is 0 Å². The summed E-state index contributed by atoms with van der Waals surface area (Å²) in [4.78, 5) is 11.9. The molecule has 21 heavy (non-hydrogen) atoms. The van der Waals surface area contributed by atoms with Gasteiger partial charge in [0.05, 0.1) is 15.8 Å². The van der Waals surface area contributed by atoms with E-state index in [2.05, 4.69) is 21.2 Å². The Morgan fingerprint density at radius 3 is 2.62 bits per heavy atom. The van der Waals surface area contributed by atoms with Crippen LogP contribution in [-0.2, 0) is 10.5 Å². The Hall–Kier alpha value is -0.680. The van der Waals surface area contributed by atoms with Crippen LogP contribution in [0.25, 0.3) is 0 Å². The van der Waals surface area contributed by atoms with Crippen molar-refractivity contribution in [2.24, 2.45) is 0 Å². The fraction of sp³-hybridized carbons (Fsp3) is 0.133. The molecule has 0 heterocycles. The highest BCUT2D eigenvalue weighted by atomic mass is 79.9. The summed E-state index contributed by atoms with van der Waals surface area (Å²) < 4.78 is 1.06. The SMILES string of the molecule is O=C(CSCc1ccccc1Br)Nc1ccc(Cl)c(Cl)c1. The number of carbonyl (C=O) groups is 1. The number of rotatable bonds is 5. The van der Waals surface area contributed by atoms with Gasteiger partial charge in [-0.1, -0.05) is 57.3 Å². The van der Waals surface area contributed by atoms with Crippen LogP contribution >= 0.6 is 50.9 Å². The Labute approximate surface area is 146 Å². The molecule has 0 spiro atoms. The maximum atomic E-state index is 11.9. The summed E-state index contributed by atoms with van der Waals surface area (Å²) in [5, 5.41) is 3.69. The van der Waals surface area contributed by atoms with Crippen LogP contribution in [0.1, 0.15) is 5.56 Å². The van der Waals surface area contributed by atoms with Crippen molar-refractivity contribution in [1.82, 2.24) is 0 Å². The zero-order valence-corrected chi connectivity index (χ0v) is 14.8. The molecule has 2 nitrogen and oxygen atoms in total. The monoisotopic (exact) mass is 403 g/mol. The molecule has 0 saturated carbocycles. The van der Waals surface area contributed by atoms with Gasteiger partial charge in [-0.25, -0.2) is 0 Å². The number of nitrogens with one attached hydrogen (secondary N) is 1. The summed E-state index contributed by atoms with van der Waals surface area (Å²) >= 11 is 16.8. The number of anilines is 1. The first-order valence-corrected chi connectivity index (χ1v) is 8.82. The molecule has 1 N–H and O–H groups in total. The van der Waals surface area contributed by atoms with Crippen LogP contribution in [0.15, 0.2) is 46.9 Å². The topological polar surface area (TPSA) is 29.1 Å². The van der Waals surface area contributed by atoms with E-state index < -0.39 is 0 Å². The highest BCUT2D eigenvalue weighted by Crippen LogP contribution is 2.25. The highest BCUT2D eigenvalue weighted by Gasteiger charge is 2.06. The summed E-state index contributed by atoms with van der Waals surface area (Å²) in [6.07, 6.45) is 0. The molecule has 2 aromatic rings. The Bertz CT molecular complexity index is 651. The van der Waals surface area contributed by atoms with Gasteiger partial charge in [0, 0.05) is 15.9 Å². The summed E-state index contributed by atoms with van der Waals surface area (Å²) in [6.45, 7) is 0. The molecule has 0 bridgehead atoms. The molecular formula is C15H12BrCl2NOS. The van der Waals surface area contributed by atoms with Crippen molar-refractivity contribution >= 4 is 62.5 Å². The Balaban J connectivity index is 1.82. The molecular weight excluding hydrogens is 393 g/mol. The van der Waals surface area contributed by atoms with Crippen LogP contribution in [0.2, 0.25) is 10.0 Å². The highest BCUT2D eigenvalue weighted by molar-refractivity contribution is 9.10. The van der Waals surface area contributed by atoms with Crippen molar-refractivity contribution in [2.45, 2.75) is 5.75 Å². The molecule has 0 radical (unpaired) electrons. The maximum Gasteiger partial charge on any atom is 0.234 e.